The van der Waals surface area contributed by atoms with Gasteiger partial charge in [0, 0.05) is 84.5 Å². The molecule has 11 unspecified atom stereocenters. The number of phenols is 3. The minimum absolute atomic E-state index is 0.0481. The SMILES string of the molecule is NC1C=CC(C2C=C(Cc3ccc[nH]3)C3(Oc4cc5oc(-c6cc(O)c(O)c(CCO)c6)cc(=O)c5c(O)c42)OC(C(=O)OC2OC(CCO)(C(=O)O)C(O)(O)C(O)C2O)C(O)C(O)C3O)=CN1. The van der Waals surface area contributed by atoms with Gasteiger partial charge in [0.25, 0.3) is 5.79 Å². The van der Waals surface area contributed by atoms with Crippen LogP contribution in [0.25, 0.3) is 22.3 Å². The number of ether oxygens (including phenoxy) is 4. The number of aliphatic hydroxyl groups is 9. The molecule has 4 aliphatic rings. The van der Waals surface area contributed by atoms with Crippen LogP contribution in [-0.2, 0) is 36.6 Å². The number of allylic oxidation sites excluding steroid dienone is 3. The number of H-pyrrole nitrogens is 1. The summed E-state index contributed by atoms with van der Waals surface area (Å²) >= 11 is 0. The van der Waals surface area contributed by atoms with Crippen LogP contribution in [0.15, 0.2) is 87.4 Å². The van der Waals surface area contributed by atoms with Crippen LogP contribution in [-0.4, -0.2) is 163 Å². The number of dihydropyridines is 1. The number of fused-ring (bicyclic) bond motifs is 2. The number of carbonyl (C=O) groups is 2. The fraction of sp³-hybridized carbons (Fsp3) is 0.386. The third-order valence-corrected chi connectivity index (χ3v) is 12.4. The van der Waals surface area contributed by atoms with Crippen LogP contribution in [0.2, 0.25) is 0 Å². The van der Waals surface area contributed by atoms with E-state index >= 15 is 0 Å². The summed E-state index contributed by atoms with van der Waals surface area (Å²) in [5.74, 6) is -14.3. The van der Waals surface area contributed by atoms with Crippen LogP contribution in [0.4, 0.5) is 0 Å². The van der Waals surface area contributed by atoms with Gasteiger partial charge in [0.05, 0.1) is 6.17 Å². The third kappa shape index (κ3) is 7.84. The summed E-state index contributed by atoms with van der Waals surface area (Å²) in [6, 6.07) is 7.76. The number of carbonyl (C=O) groups excluding carboxylic acids is 1. The molecule has 0 aliphatic carbocycles. The standard InChI is InChI=1S/C44H47N3O21/c45-28-4-3-18(16-47-28)22-13-20(12-21-2-1-7-46-21)43(66-27-15-26-30(32(53)29(22)27)23(50)14-25(64-26)19-10-17(5-8-48)31(52)24(51)11-19)37(57)34(55)33(54)36(67-43)39(59)65-40-35(56)38(58)44(62,63)42(68-40,6-9-49)41(60)61/h1-4,7,10-11,13-16,22,28,33-38,40,46-49,51-58,62-63H,5-6,8-9,12,45H2,(H,60,61). The molecule has 0 amide bonds. The number of nitrogens with two attached hydrogens (primary N) is 1. The zero-order chi connectivity index (χ0) is 49.2. The van der Waals surface area contributed by atoms with Crippen LogP contribution in [0.3, 0.4) is 0 Å². The number of esters is 1. The van der Waals surface area contributed by atoms with E-state index in [1.165, 1.54) is 18.3 Å². The molecule has 2 saturated heterocycles. The highest BCUT2D eigenvalue weighted by Gasteiger charge is 2.69. The summed E-state index contributed by atoms with van der Waals surface area (Å²) in [5, 5.41) is 143. The molecule has 24 nitrogen and oxygen atoms in total. The summed E-state index contributed by atoms with van der Waals surface area (Å²) in [7, 11) is 0. The first kappa shape index (κ1) is 48.1. The molecule has 2 fully saturated rings. The van der Waals surface area contributed by atoms with Crippen molar-refractivity contribution in [3.63, 3.8) is 0 Å². The fourth-order valence-corrected chi connectivity index (χ4v) is 8.84. The summed E-state index contributed by atoms with van der Waals surface area (Å²) in [5.41, 5.74) is 2.11. The Hall–Kier alpha value is -6.39. The molecule has 2 aromatic heterocycles. The van der Waals surface area contributed by atoms with Gasteiger partial charge in [-0.1, -0.05) is 12.2 Å². The number of hydrogen-bond acceptors (Lipinski definition) is 22. The van der Waals surface area contributed by atoms with Crippen LogP contribution in [0.5, 0.6) is 23.0 Å². The first-order chi connectivity index (χ1) is 32.2. The van der Waals surface area contributed by atoms with Crippen molar-refractivity contribution in [1.29, 1.82) is 0 Å². The van der Waals surface area contributed by atoms with E-state index in [4.69, 9.17) is 29.1 Å². The third-order valence-electron chi connectivity index (χ3n) is 12.4. The molecule has 0 bridgehead atoms. The second kappa shape index (κ2) is 17.9. The lowest BCUT2D eigenvalue weighted by Crippen LogP contribution is -2.76. The molecule has 6 heterocycles. The largest absolute Gasteiger partial charge is 0.507 e. The number of nitrogens with one attached hydrogen (secondary N) is 2. The smallest absolute Gasteiger partial charge is 0.342 e. The van der Waals surface area contributed by atoms with Crippen LogP contribution in [0.1, 0.15) is 29.2 Å². The van der Waals surface area contributed by atoms with Gasteiger partial charge >= 0.3 is 11.9 Å². The van der Waals surface area contributed by atoms with E-state index in [9.17, 15) is 80.8 Å². The van der Waals surface area contributed by atoms with Crippen molar-refractivity contribution in [2.45, 2.75) is 91.4 Å². The average Bonchev–Trinajstić information content (AvgIpc) is 3.77. The van der Waals surface area contributed by atoms with Gasteiger partial charge in [0.2, 0.25) is 17.7 Å². The second-order valence-corrected chi connectivity index (χ2v) is 16.6. The van der Waals surface area contributed by atoms with E-state index in [0.29, 0.717) is 11.3 Å². The quantitative estimate of drug-likeness (QED) is 0.0310. The monoisotopic (exact) mass is 953 g/mol. The number of phenolic OH excluding ortho intramolecular Hbond substituents is 3. The molecule has 17 N–H and O–H groups in total. The summed E-state index contributed by atoms with van der Waals surface area (Å²) in [6.45, 7) is -1.52. The maximum atomic E-state index is 14.2. The normalized spacial score (nSPS) is 30.9. The molecule has 364 valence electrons. The molecule has 2 aromatic carbocycles. The molecular weight excluding hydrogens is 906 g/mol. The summed E-state index contributed by atoms with van der Waals surface area (Å²) in [4.78, 5) is 43.6. The zero-order valence-corrected chi connectivity index (χ0v) is 35.2. The molecule has 11 atom stereocenters. The van der Waals surface area contributed by atoms with Gasteiger partial charge in [-0.05, 0) is 42.3 Å². The molecule has 0 radical (unpaired) electrons. The van der Waals surface area contributed by atoms with Crippen LogP contribution < -0.4 is 21.2 Å². The lowest BCUT2D eigenvalue weighted by Gasteiger charge is -2.51. The number of aromatic amines is 1. The maximum Gasteiger partial charge on any atom is 0.342 e. The number of carboxylic acids is 1. The highest BCUT2D eigenvalue weighted by molar-refractivity contribution is 5.89. The second-order valence-electron chi connectivity index (χ2n) is 16.6. The Morgan fingerprint density at radius 2 is 1.66 bits per heavy atom. The molecule has 1 spiro atoms. The van der Waals surface area contributed by atoms with Crippen molar-refractivity contribution in [2.24, 2.45) is 5.73 Å². The minimum atomic E-state index is -3.79. The van der Waals surface area contributed by atoms with Crippen molar-refractivity contribution in [2.75, 3.05) is 13.2 Å². The molecule has 68 heavy (non-hydrogen) atoms. The van der Waals surface area contributed by atoms with E-state index < -0.39 is 138 Å². The first-order valence-corrected chi connectivity index (χ1v) is 20.9. The lowest BCUT2D eigenvalue weighted by molar-refractivity contribution is -0.408. The van der Waals surface area contributed by atoms with Gasteiger partial charge in [0.1, 0.15) is 52.6 Å². The highest BCUT2D eigenvalue weighted by atomic mass is 16.8. The van der Waals surface area contributed by atoms with Crippen molar-refractivity contribution < 1.29 is 99.3 Å². The highest BCUT2D eigenvalue weighted by Crippen LogP contribution is 2.52. The van der Waals surface area contributed by atoms with E-state index in [1.807, 2.05) is 0 Å². The number of hydrogen-bond donors (Lipinski definition) is 16. The number of benzene rings is 2. The Kier molecular flexibility index (Phi) is 12.7. The minimum Gasteiger partial charge on any atom is -0.507 e. The number of carboxylic acid groups (broad SMARTS) is 1. The first-order valence-electron chi connectivity index (χ1n) is 20.9. The van der Waals surface area contributed by atoms with E-state index in [2.05, 4.69) is 10.3 Å². The number of rotatable bonds is 11. The molecular formula is C44H47N3O21. The molecule has 0 saturated carbocycles. The molecule has 8 rings (SSSR count). The number of aliphatic hydroxyl groups excluding tert-OH is 7. The van der Waals surface area contributed by atoms with Gasteiger partial charge in [-0.2, -0.15) is 0 Å². The van der Waals surface area contributed by atoms with Gasteiger partial charge in [-0.3, -0.25) is 4.79 Å². The van der Waals surface area contributed by atoms with Crippen LogP contribution >= 0.6 is 0 Å². The maximum absolute atomic E-state index is 14.2. The van der Waals surface area contributed by atoms with Gasteiger partial charge in [-0.25, -0.2) is 9.59 Å². The Morgan fingerprint density at radius 1 is 0.912 bits per heavy atom. The Balaban J connectivity index is 1.30. The van der Waals surface area contributed by atoms with Gasteiger partial charge in [-0.15, -0.1) is 0 Å². The van der Waals surface area contributed by atoms with Crippen LogP contribution in [0, 0.1) is 0 Å². The van der Waals surface area contributed by atoms with Crippen molar-refractivity contribution >= 4 is 22.9 Å². The van der Waals surface area contributed by atoms with Crippen molar-refractivity contribution in [3.05, 3.63) is 105 Å². The number of aromatic nitrogens is 1. The zero-order valence-electron chi connectivity index (χ0n) is 35.2. The number of aliphatic carboxylic acids is 1. The van der Waals surface area contributed by atoms with Crippen molar-refractivity contribution in [3.8, 4) is 34.3 Å². The predicted octanol–water partition coefficient (Wildman–Crippen LogP) is -2.90. The van der Waals surface area contributed by atoms with Gasteiger partial charge in [0.15, 0.2) is 29.1 Å². The molecule has 4 aliphatic heterocycles. The molecule has 4 aromatic rings. The Bertz CT molecular complexity index is 2770. The Morgan fingerprint density at radius 3 is 2.31 bits per heavy atom. The average molecular weight is 954 g/mol. The van der Waals surface area contributed by atoms with E-state index in [1.54, 1.807) is 30.5 Å². The topological polar surface area (TPSA) is 418 Å². The predicted molar refractivity (Wildman–Crippen MR) is 226 cm³/mol. The van der Waals surface area contributed by atoms with Gasteiger partial charge < -0.3 is 106 Å². The lowest BCUT2D eigenvalue weighted by atomic mass is 9.80. The summed E-state index contributed by atoms with van der Waals surface area (Å²) < 4.78 is 29.4. The van der Waals surface area contributed by atoms with E-state index in [-0.39, 0.29) is 46.4 Å². The fourth-order valence-electron chi connectivity index (χ4n) is 8.84. The molecule has 24 heteroatoms. The Labute approximate surface area is 381 Å². The number of aromatic hydroxyl groups is 3. The summed E-state index contributed by atoms with van der Waals surface area (Å²) in [6.07, 6.45) is -12.4. The van der Waals surface area contributed by atoms with E-state index in [0.717, 1.165) is 18.2 Å². The van der Waals surface area contributed by atoms with Crippen molar-refractivity contribution in [1.82, 2.24) is 10.3 Å².